The van der Waals surface area contributed by atoms with Crippen LogP contribution in [0.5, 0.6) is 0 Å². The molecule has 0 aliphatic rings. The van der Waals surface area contributed by atoms with E-state index in [0.29, 0.717) is 26.5 Å². The molecule has 0 saturated heterocycles. The number of para-hydroxylation sites is 2. The van der Waals surface area contributed by atoms with Crippen molar-refractivity contribution in [2.45, 2.75) is 0 Å². The smallest absolute Gasteiger partial charge is 0.191 e. The molecule has 3 rings (SSSR count). The van der Waals surface area contributed by atoms with Crippen molar-refractivity contribution in [3.8, 4) is 0 Å². The summed E-state index contributed by atoms with van der Waals surface area (Å²) in [5.74, 6) is 0. The molecule has 2 N–H and O–H groups in total. The van der Waals surface area contributed by atoms with Crippen molar-refractivity contribution < 1.29 is 0 Å². The van der Waals surface area contributed by atoms with Crippen LogP contribution in [0.1, 0.15) is 5.69 Å². The second-order valence-electron chi connectivity index (χ2n) is 4.73. The minimum atomic E-state index is 0.296. The molecular formula is C16H11Cl2N5S. The third-order valence-electron chi connectivity index (χ3n) is 3.01. The van der Waals surface area contributed by atoms with E-state index in [9.17, 15) is 0 Å². The Balaban J connectivity index is 1.63. The molecule has 24 heavy (non-hydrogen) atoms. The molecule has 8 heteroatoms. The van der Waals surface area contributed by atoms with Gasteiger partial charge in [0, 0.05) is 5.02 Å². The van der Waals surface area contributed by atoms with Gasteiger partial charge in [0.15, 0.2) is 5.11 Å². The van der Waals surface area contributed by atoms with Gasteiger partial charge in [-0.3, -0.25) is 10.4 Å². The Morgan fingerprint density at radius 1 is 1.12 bits per heavy atom. The average Bonchev–Trinajstić information content (AvgIpc) is 2.57. The van der Waals surface area contributed by atoms with Gasteiger partial charge in [-0.05, 0) is 42.5 Å². The summed E-state index contributed by atoms with van der Waals surface area (Å²) in [4.78, 5) is 8.74. The zero-order valence-corrected chi connectivity index (χ0v) is 14.5. The number of nitrogens with one attached hydrogen (secondary N) is 2. The van der Waals surface area contributed by atoms with Crippen LogP contribution in [-0.4, -0.2) is 21.3 Å². The third kappa shape index (κ3) is 4.17. The van der Waals surface area contributed by atoms with Crippen LogP contribution < -0.4 is 10.7 Å². The standard InChI is InChI=1S/C16H11Cl2N5S/c17-10-5-6-13(12(18)7-10)22-16(24)23-20-9-11-8-19-14-3-1-2-4-15(14)21-11/h1-9H,(H2,22,23,24)/b20-9-. The van der Waals surface area contributed by atoms with Crippen LogP contribution in [0.25, 0.3) is 11.0 Å². The molecule has 0 amide bonds. The third-order valence-corrected chi connectivity index (χ3v) is 3.75. The lowest BCUT2D eigenvalue weighted by Crippen LogP contribution is -2.24. The Hall–Kier alpha value is -2.28. The van der Waals surface area contributed by atoms with Crippen molar-refractivity contribution in [2.24, 2.45) is 5.10 Å². The van der Waals surface area contributed by atoms with Gasteiger partial charge in [-0.1, -0.05) is 35.3 Å². The Bertz CT molecular complexity index is 929. The van der Waals surface area contributed by atoms with Gasteiger partial charge in [0.2, 0.25) is 0 Å². The van der Waals surface area contributed by atoms with Crippen molar-refractivity contribution >= 4 is 63.5 Å². The number of halogens is 2. The van der Waals surface area contributed by atoms with Crippen LogP contribution in [0.3, 0.4) is 0 Å². The largest absolute Gasteiger partial charge is 0.330 e. The first kappa shape index (κ1) is 16.6. The number of fused-ring (bicyclic) bond motifs is 1. The van der Waals surface area contributed by atoms with Crippen LogP contribution >= 0.6 is 35.4 Å². The molecule has 0 spiro atoms. The van der Waals surface area contributed by atoms with E-state index < -0.39 is 0 Å². The highest BCUT2D eigenvalue weighted by atomic mass is 35.5. The average molecular weight is 376 g/mol. The highest BCUT2D eigenvalue weighted by Gasteiger charge is 2.03. The molecule has 0 unspecified atom stereocenters. The van der Waals surface area contributed by atoms with E-state index >= 15 is 0 Å². The minimum absolute atomic E-state index is 0.296. The van der Waals surface area contributed by atoms with E-state index in [0.717, 1.165) is 11.0 Å². The Kier molecular flexibility index (Phi) is 5.20. The summed E-state index contributed by atoms with van der Waals surface area (Å²) in [6.45, 7) is 0. The van der Waals surface area contributed by atoms with E-state index in [2.05, 4.69) is 25.8 Å². The molecular weight excluding hydrogens is 365 g/mol. The van der Waals surface area contributed by atoms with Gasteiger partial charge in [0.1, 0.15) is 5.69 Å². The summed E-state index contributed by atoms with van der Waals surface area (Å²) in [5, 5.41) is 8.29. The van der Waals surface area contributed by atoms with Crippen molar-refractivity contribution in [3.63, 3.8) is 0 Å². The van der Waals surface area contributed by atoms with Crippen LogP contribution in [-0.2, 0) is 0 Å². The second-order valence-corrected chi connectivity index (χ2v) is 5.98. The van der Waals surface area contributed by atoms with Crippen LogP contribution in [0.15, 0.2) is 53.8 Å². The number of thiocarbonyl (C=S) groups is 1. The highest BCUT2D eigenvalue weighted by Crippen LogP contribution is 2.25. The zero-order chi connectivity index (χ0) is 16.9. The topological polar surface area (TPSA) is 62.2 Å². The lowest BCUT2D eigenvalue weighted by molar-refractivity contribution is 1.05. The maximum Gasteiger partial charge on any atom is 0.191 e. The van der Waals surface area contributed by atoms with E-state index in [1.54, 1.807) is 24.4 Å². The number of nitrogens with zero attached hydrogens (tertiary/aromatic N) is 3. The normalized spacial score (nSPS) is 10.9. The molecule has 0 bridgehead atoms. The molecule has 0 aliphatic heterocycles. The Labute approximate surface area is 153 Å². The number of rotatable bonds is 3. The summed E-state index contributed by atoms with van der Waals surface area (Å²) in [7, 11) is 0. The van der Waals surface area contributed by atoms with Crippen molar-refractivity contribution in [1.82, 2.24) is 15.4 Å². The quantitative estimate of drug-likeness (QED) is 0.406. The van der Waals surface area contributed by atoms with Crippen molar-refractivity contribution in [3.05, 3.63) is 64.4 Å². The summed E-state index contributed by atoms with van der Waals surface area (Å²) >= 11 is 17.1. The van der Waals surface area contributed by atoms with E-state index in [4.69, 9.17) is 35.4 Å². The van der Waals surface area contributed by atoms with E-state index in [1.807, 2.05) is 24.3 Å². The highest BCUT2D eigenvalue weighted by molar-refractivity contribution is 7.80. The first-order chi connectivity index (χ1) is 11.6. The number of benzene rings is 2. The molecule has 0 radical (unpaired) electrons. The fourth-order valence-corrected chi connectivity index (χ4v) is 2.55. The van der Waals surface area contributed by atoms with Crippen LogP contribution in [0.2, 0.25) is 10.0 Å². The van der Waals surface area contributed by atoms with Gasteiger partial charge in [0.05, 0.1) is 34.2 Å². The van der Waals surface area contributed by atoms with Gasteiger partial charge in [-0.15, -0.1) is 0 Å². The van der Waals surface area contributed by atoms with Crippen molar-refractivity contribution in [2.75, 3.05) is 5.32 Å². The monoisotopic (exact) mass is 375 g/mol. The fraction of sp³-hybridized carbons (Fsp3) is 0. The molecule has 0 saturated carbocycles. The van der Waals surface area contributed by atoms with Crippen LogP contribution in [0.4, 0.5) is 5.69 Å². The number of hydrazone groups is 1. The number of aromatic nitrogens is 2. The Morgan fingerprint density at radius 3 is 2.71 bits per heavy atom. The summed E-state index contributed by atoms with van der Waals surface area (Å²) in [6.07, 6.45) is 3.18. The van der Waals surface area contributed by atoms with Gasteiger partial charge in [-0.25, -0.2) is 4.98 Å². The number of anilines is 1. The number of hydrogen-bond donors (Lipinski definition) is 2. The Morgan fingerprint density at radius 2 is 1.92 bits per heavy atom. The fourth-order valence-electron chi connectivity index (χ4n) is 1.93. The van der Waals surface area contributed by atoms with Gasteiger partial charge in [-0.2, -0.15) is 5.10 Å². The molecule has 0 aliphatic carbocycles. The van der Waals surface area contributed by atoms with E-state index in [1.165, 1.54) is 6.21 Å². The number of hydrogen-bond acceptors (Lipinski definition) is 4. The molecule has 2 aromatic carbocycles. The predicted octanol–water partition coefficient (Wildman–Crippen LogP) is 4.26. The second kappa shape index (κ2) is 7.53. The maximum absolute atomic E-state index is 6.07. The molecule has 0 fully saturated rings. The lowest BCUT2D eigenvalue weighted by atomic mass is 10.3. The molecule has 1 aromatic heterocycles. The molecule has 5 nitrogen and oxygen atoms in total. The van der Waals surface area contributed by atoms with Crippen LogP contribution in [0, 0.1) is 0 Å². The first-order valence-electron chi connectivity index (χ1n) is 6.89. The molecule has 0 atom stereocenters. The van der Waals surface area contributed by atoms with E-state index in [-0.39, 0.29) is 0 Å². The predicted molar refractivity (Wildman–Crippen MR) is 103 cm³/mol. The SMILES string of the molecule is S=C(N/N=C\c1cnc2ccccc2n1)Nc1ccc(Cl)cc1Cl. The van der Waals surface area contributed by atoms with Crippen molar-refractivity contribution in [1.29, 1.82) is 0 Å². The molecule has 120 valence electrons. The molecule has 1 heterocycles. The first-order valence-corrected chi connectivity index (χ1v) is 8.05. The molecule has 3 aromatic rings. The maximum atomic E-state index is 6.07. The minimum Gasteiger partial charge on any atom is -0.330 e. The summed E-state index contributed by atoms with van der Waals surface area (Å²) in [5.41, 5.74) is 5.59. The van der Waals surface area contributed by atoms with Gasteiger partial charge in [0.25, 0.3) is 0 Å². The van der Waals surface area contributed by atoms with Gasteiger partial charge >= 0.3 is 0 Å². The summed E-state index contributed by atoms with van der Waals surface area (Å²) < 4.78 is 0. The summed E-state index contributed by atoms with van der Waals surface area (Å²) in [6, 6.07) is 12.7. The zero-order valence-electron chi connectivity index (χ0n) is 12.2. The van der Waals surface area contributed by atoms with Gasteiger partial charge < -0.3 is 5.32 Å². The lowest BCUT2D eigenvalue weighted by Gasteiger charge is -2.08.